The fourth-order valence-corrected chi connectivity index (χ4v) is 4.00. The summed E-state index contributed by atoms with van der Waals surface area (Å²) in [5, 5.41) is 0. The van der Waals surface area contributed by atoms with Gasteiger partial charge in [-0.1, -0.05) is 13.8 Å². The second kappa shape index (κ2) is 2.73. The van der Waals surface area contributed by atoms with Crippen molar-refractivity contribution in [3.05, 3.63) is 0 Å². The van der Waals surface area contributed by atoms with Crippen LogP contribution in [0.5, 0.6) is 0 Å². The van der Waals surface area contributed by atoms with E-state index in [1.165, 1.54) is 19.3 Å². The third kappa shape index (κ3) is 0.989. The molecular formula is C12H20O2. The molecule has 0 aromatic rings. The molecule has 4 rings (SSSR count). The van der Waals surface area contributed by atoms with Crippen LogP contribution in [-0.2, 0) is 9.47 Å². The van der Waals surface area contributed by atoms with Crippen LogP contribution in [0.15, 0.2) is 0 Å². The van der Waals surface area contributed by atoms with E-state index in [1.807, 2.05) is 0 Å². The summed E-state index contributed by atoms with van der Waals surface area (Å²) < 4.78 is 11.3. The van der Waals surface area contributed by atoms with Gasteiger partial charge in [0.15, 0.2) is 0 Å². The lowest BCUT2D eigenvalue weighted by Crippen LogP contribution is -2.63. The first-order chi connectivity index (χ1) is 6.65. The molecule has 0 aromatic heterocycles. The van der Waals surface area contributed by atoms with Gasteiger partial charge in [-0.15, -0.1) is 0 Å². The molecule has 0 radical (unpaired) electrons. The molecule has 2 heteroatoms. The van der Waals surface area contributed by atoms with E-state index < -0.39 is 0 Å². The van der Waals surface area contributed by atoms with E-state index in [0.29, 0.717) is 12.2 Å². The molecule has 1 saturated heterocycles. The predicted molar refractivity (Wildman–Crippen MR) is 53.9 cm³/mol. The van der Waals surface area contributed by atoms with Gasteiger partial charge >= 0.3 is 0 Å². The Morgan fingerprint density at radius 3 is 2.64 bits per heavy atom. The highest BCUT2D eigenvalue weighted by molar-refractivity contribution is 5.11. The predicted octanol–water partition coefficient (Wildman–Crippen LogP) is 2.58. The molecular weight excluding hydrogens is 176 g/mol. The van der Waals surface area contributed by atoms with Crippen LogP contribution < -0.4 is 0 Å². The average molecular weight is 196 g/mol. The Bertz CT molecular complexity index is 233. The maximum absolute atomic E-state index is 5.97. The van der Waals surface area contributed by atoms with Gasteiger partial charge in [0.2, 0.25) is 0 Å². The standard InChI is InChI=1S/C12H20O2/c1-11(2)9-3-4-12(10(11)7-9)5-6-13-8-14-12/h9-10H,3-8H2,1-2H3. The van der Waals surface area contributed by atoms with Crippen LogP contribution in [-0.4, -0.2) is 19.0 Å². The van der Waals surface area contributed by atoms with Crippen LogP contribution in [0, 0.1) is 17.3 Å². The molecule has 3 unspecified atom stereocenters. The molecule has 0 N–H and O–H groups in total. The molecule has 4 aliphatic rings. The van der Waals surface area contributed by atoms with E-state index in [1.54, 1.807) is 0 Å². The third-order valence-electron chi connectivity index (χ3n) is 5.12. The number of hydrogen-bond donors (Lipinski definition) is 0. The van der Waals surface area contributed by atoms with Gasteiger partial charge < -0.3 is 9.47 Å². The van der Waals surface area contributed by atoms with Crippen molar-refractivity contribution in [3.8, 4) is 0 Å². The van der Waals surface area contributed by atoms with Crippen LogP contribution in [0.25, 0.3) is 0 Å². The minimum atomic E-state index is 0.191. The largest absolute Gasteiger partial charge is 0.355 e. The van der Waals surface area contributed by atoms with Crippen LogP contribution in [0.4, 0.5) is 0 Å². The summed E-state index contributed by atoms with van der Waals surface area (Å²) in [6, 6.07) is 0. The van der Waals surface area contributed by atoms with E-state index in [9.17, 15) is 0 Å². The van der Waals surface area contributed by atoms with Crippen molar-refractivity contribution in [2.24, 2.45) is 17.3 Å². The first kappa shape index (κ1) is 9.17. The highest BCUT2D eigenvalue weighted by Gasteiger charge is 2.62. The van der Waals surface area contributed by atoms with Gasteiger partial charge in [-0.25, -0.2) is 0 Å². The zero-order chi connectivity index (χ0) is 9.81. The van der Waals surface area contributed by atoms with Gasteiger partial charge in [0.1, 0.15) is 6.79 Å². The van der Waals surface area contributed by atoms with Crippen molar-refractivity contribution in [2.75, 3.05) is 13.4 Å². The second-order valence-electron chi connectivity index (χ2n) is 5.83. The number of ether oxygens (including phenoxy) is 2. The Morgan fingerprint density at radius 1 is 1.21 bits per heavy atom. The van der Waals surface area contributed by atoms with Crippen molar-refractivity contribution in [1.82, 2.24) is 0 Å². The molecule has 3 aliphatic carbocycles. The molecule has 0 amide bonds. The van der Waals surface area contributed by atoms with Crippen molar-refractivity contribution < 1.29 is 9.47 Å². The fourth-order valence-electron chi connectivity index (χ4n) is 4.00. The second-order valence-corrected chi connectivity index (χ2v) is 5.83. The Kier molecular flexibility index (Phi) is 1.79. The van der Waals surface area contributed by atoms with E-state index in [4.69, 9.17) is 9.47 Å². The maximum Gasteiger partial charge on any atom is 0.147 e. The van der Waals surface area contributed by atoms with Crippen molar-refractivity contribution in [1.29, 1.82) is 0 Å². The third-order valence-corrected chi connectivity index (χ3v) is 5.12. The van der Waals surface area contributed by atoms with E-state index in [2.05, 4.69) is 13.8 Å². The molecule has 2 nitrogen and oxygen atoms in total. The van der Waals surface area contributed by atoms with Crippen molar-refractivity contribution >= 4 is 0 Å². The molecule has 1 spiro atoms. The lowest BCUT2D eigenvalue weighted by Gasteiger charge is -2.65. The quantitative estimate of drug-likeness (QED) is 0.593. The lowest BCUT2D eigenvalue weighted by atomic mass is 9.43. The van der Waals surface area contributed by atoms with E-state index in [-0.39, 0.29) is 5.60 Å². The minimum absolute atomic E-state index is 0.191. The molecule has 3 atom stereocenters. The Balaban J connectivity index is 1.86. The Labute approximate surface area is 86.0 Å². The monoisotopic (exact) mass is 196 g/mol. The van der Waals surface area contributed by atoms with Gasteiger partial charge in [-0.2, -0.15) is 0 Å². The lowest BCUT2D eigenvalue weighted by molar-refractivity contribution is -0.286. The van der Waals surface area contributed by atoms with Crippen LogP contribution in [0.3, 0.4) is 0 Å². The Hall–Kier alpha value is -0.0800. The van der Waals surface area contributed by atoms with E-state index >= 15 is 0 Å². The summed E-state index contributed by atoms with van der Waals surface area (Å²) in [6.45, 7) is 6.27. The van der Waals surface area contributed by atoms with Gasteiger partial charge in [0, 0.05) is 6.42 Å². The smallest absolute Gasteiger partial charge is 0.147 e. The topological polar surface area (TPSA) is 18.5 Å². The maximum atomic E-state index is 5.97. The van der Waals surface area contributed by atoms with Crippen LogP contribution in [0.1, 0.15) is 39.5 Å². The van der Waals surface area contributed by atoms with Gasteiger partial charge in [-0.05, 0) is 36.5 Å². The summed E-state index contributed by atoms with van der Waals surface area (Å²) in [6.07, 6.45) is 5.15. The summed E-state index contributed by atoms with van der Waals surface area (Å²) in [5.41, 5.74) is 0.714. The molecule has 14 heavy (non-hydrogen) atoms. The molecule has 0 aromatic carbocycles. The van der Waals surface area contributed by atoms with Crippen LogP contribution >= 0.6 is 0 Å². The Morgan fingerprint density at radius 2 is 2.07 bits per heavy atom. The molecule has 3 saturated carbocycles. The highest BCUT2D eigenvalue weighted by atomic mass is 16.7. The SMILES string of the molecule is CC1(C)C2CCC3(CCOCO3)C1C2. The average Bonchev–Trinajstić information content (AvgIpc) is 2.18. The molecule has 1 aliphatic heterocycles. The summed E-state index contributed by atoms with van der Waals surface area (Å²) in [7, 11) is 0. The summed E-state index contributed by atoms with van der Waals surface area (Å²) in [5.74, 6) is 1.75. The number of rotatable bonds is 0. The first-order valence-electron chi connectivity index (χ1n) is 5.87. The summed E-state index contributed by atoms with van der Waals surface area (Å²) >= 11 is 0. The molecule has 2 bridgehead atoms. The zero-order valence-electron chi connectivity index (χ0n) is 9.21. The zero-order valence-corrected chi connectivity index (χ0v) is 9.21. The molecule has 4 fully saturated rings. The van der Waals surface area contributed by atoms with Crippen LogP contribution in [0.2, 0.25) is 0 Å². The van der Waals surface area contributed by atoms with Gasteiger partial charge in [0.25, 0.3) is 0 Å². The van der Waals surface area contributed by atoms with E-state index in [0.717, 1.165) is 24.9 Å². The molecule has 80 valence electrons. The van der Waals surface area contributed by atoms with Gasteiger partial charge in [-0.3, -0.25) is 0 Å². The summed E-state index contributed by atoms with van der Waals surface area (Å²) in [4.78, 5) is 0. The minimum Gasteiger partial charge on any atom is -0.355 e. The van der Waals surface area contributed by atoms with Crippen molar-refractivity contribution in [2.45, 2.75) is 45.1 Å². The number of hydrogen-bond acceptors (Lipinski definition) is 2. The highest BCUT2D eigenvalue weighted by Crippen LogP contribution is 2.64. The first-order valence-corrected chi connectivity index (χ1v) is 5.87. The molecule has 1 heterocycles. The fraction of sp³-hybridized carbons (Fsp3) is 1.00. The van der Waals surface area contributed by atoms with Crippen molar-refractivity contribution in [3.63, 3.8) is 0 Å². The number of fused-ring (bicyclic) bond motifs is 1. The normalized spacial score (nSPS) is 50.1. The van der Waals surface area contributed by atoms with Gasteiger partial charge in [0.05, 0.1) is 12.2 Å².